The van der Waals surface area contributed by atoms with Crippen molar-refractivity contribution in [3.05, 3.63) is 15.8 Å². The van der Waals surface area contributed by atoms with E-state index in [-0.39, 0.29) is 5.91 Å². The number of hydrogen-bond donors (Lipinski definition) is 1. The van der Waals surface area contributed by atoms with Gasteiger partial charge < -0.3 is 10.1 Å². The standard InChI is InChI=1S/C19H29NO3S/c1-13-12-24-17(18(22)23-4)16(13)20-15(21)7-5-6-14-8-10-19(2,3)11-9-14/h12,14H,5-11H2,1-4H3,(H,20,21). The molecule has 0 aliphatic heterocycles. The second-order valence-electron chi connectivity index (χ2n) is 7.66. The first-order chi connectivity index (χ1) is 11.3. The van der Waals surface area contributed by atoms with E-state index in [2.05, 4.69) is 19.2 Å². The Kier molecular flexibility index (Phi) is 6.44. The van der Waals surface area contributed by atoms with Gasteiger partial charge in [-0.25, -0.2) is 4.79 Å². The summed E-state index contributed by atoms with van der Waals surface area (Å²) in [6, 6.07) is 0. The SMILES string of the molecule is COC(=O)c1scc(C)c1NC(=O)CCCC1CCC(C)(C)CC1. The first-order valence-electron chi connectivity index (χ1n) is 8.78. The smallest absolute Gasteiger partial charge is 0.350 e. The van der Waals surface area contributed by atoms with Crippen molar-refractivity contribution in [2.45, 2.75) is 65.7 Å². The summed E-state index contributed by atoms with van der Waals surface area (Å²) < 4.78 is 4.77. The van der Waals surface area contributed by atoms with Gasteiger partial charge in [0, 0.05) is 6.42 Å². The molecule has 1 amide bonds. The number of nitrogens with one attached hydrogen (secondary N) is 1. The number of carbonyl (C=O) groups excluding carboxylic acids is 2. The molecule has 0 bridgehead atoms. The maximum absolute atomic E-state index is 12.2. The monoisotopic (exact) mass is 351 g/mol. The van der Waals surface area contributed by atoms with Crippen LogP contribution in [0.3, 0.4) is 0 Å². The summed E-state index contributed by atoms with van der Waals surface area (Å²) in [5.41, 5.74) is 2.01. The zero-order chi connectivity index (χ0) is 17.7. The molecule has 1 fully saturated rings. The van der Waals surface area contributed by atoms with Gasteiger partial charge in [0.25, 0.3) is 0 Å². The van der Waals surface area contributed by atoms with Crippen molar-refractivity contribution < 1.29 is 14.3 Å². The molecule has 1 N–H and O–H groups in total. The van der Waals surface area contributed by atoms with Crippen LogP contribution in [0.25, 0.3) is 0 Å². The van der Waals surface area contributed by atoms with E-state index in [9.17, 15) is 9.59 Å². The maximum Gasteiger partial charge on any atom is 0.350 e. The van der Waals surface area contributed by atoms with Crippen LogP contribution in [0.5, 0.6) is 0 Å². The molecule has 0 radical (unpaired) electrons. The average Bonchev–Trinajstić information content (AvgIpc) is 2.89. The Hall–Kier alpha value is -1.36. The van der Waals surface area contributed by atoms with E-state index < -0.39 is 5.97 Å². The lowest BCUT2D eigenvalue weighted by atomic mass is 9.72. The number of aryl methyl sites for hydroxylation is 1. The number of amides is 1. The molecule has 134 valence electrons. The molecular formula is C19H29NO3S. The highest BCUT2D eigenvalue weighted by Gasteiger charge is 2.26. The van der Waals surface area contributed by atoms with Gasteiger partial charge in [-0.05, 0) is 67.7 Å². The van der Waals surface area contributed by atoms with Crippen LogP contribution < -0.4 is 5.32 Å². The highest BCUT2D eigenvalue weighted by molar-refractivity contribution is 7.12. The molecule has 1 aromatic rings. The first-order valence-corrected chi connectivity index (χ1v) is 9.66. The molecule has 2 rings (SSSR count). The van der Waals surface area contributed by atoms with Crippen molar-refractivity contribution >= 4 is 28.9 Å². The Balaban J connectivity index is 1.78. The fourth-order valence-electron chi connectivity index (χ4n) is 3.34. The number of esters is 1. The Labute approximate surface area is 149 Å². The van der Waals surface area contributed by atoms with Gasteiger partial charge in [-0.2, -0.15) is 0 Å². The summed E-state index contributed by atoms with van der Waals surface area (Å²) in [5, 5.41) is 4.76. The molecule has 0 atom stereocenters. The second-order valence-corrected chi connectivity index (χ2v) is 8.54. The van der Waals surface area contributed by atoms with Crippen LogP contribution in [0.4, 0.5) is 5.69 Å². The average molecular weight is 352 g/mol. The van der Waals surface area contributed by atoms with Crippen molar-refractivity contribution in [3.8, 4) is 0 Å². The van der Waals surface area contributed by atoms with Crippen molar-refractivity contribution in [2.75, 3.05) is 12.4 Å². The van der Waals surface area contributed by atoms with E-state index in [1.807, 2.05) is 12.3 Å². The molecule has 0 saturated heterocycles. The molecule has 5 heteroatoms. The van der Waals surface area contributed by atoms with Gasteiger partial charge >= 0.3 is 5.97 Å². The number of thiophene rings is 1. The van der Waals surface area contributed by atoms with Crippen LogP contribution >= 0.6 is 11.3 Å². The Morgan fingerprint density at radius 3 is 2.62 bits per heavy atom. The van der Waals surface area contributed by atoms with E-state index in [1.165, 1.54) is 44.1 Å². The van der Waals surface area contributed by atoms with Gasteiger partial charge in [0.05, 0.1) is 12.8 Å². The highest BCUT2D eigenvalue weighted by Crippen LogP contribution is 2.39. The molecule has 1 heterocycles. The maximum atomic E-state index is 12.2. The van der Waals surface area contributed by atoms with Gasteiger partial charge in [0.2, 0.25) is 5.91 Å². The topological polar surface area (TPSA) is 55.4 Å². The third-order valence-electron chi connectivity index (χ3n) is 5.09. The van der Waals surface area contributed by atoms with Crippen LogP contribution in [-0.2, 0) is 9.53 Å². The van der Waals surface area contributed by atoms with E-state index in [0.717, 1.165) is 24.3 Å². The minimum absolute atomic E-state index is 0.0159. The fraction of sp³-hybridized carbons (Fsp3) is 0.684. The van der Waals surface area contributed by atoms with E-state index in [1.54, 1.807) is 0 Å². The van der Waals surface area contributed by atoms with Gasteiger partial charge in [0.1, 0.15) is 4.88 Å². The fourth-order valence-corrected chi connectivity index (χ4v) is 4.27. The Bertz CT molecular complexity index is 581. The minimum atomic E-state index is -0.395. The molecule has 0 spiro atoms. The minimum Gasteiger partial charge on any atom is -0.465 e. The van der Waals surface area contributed by atoms with Crippen molar-refractivity contribution in [1.82, 2.24) is 0 Å². The van der Waals surface area contributed by atoms with Crippen molar-refractivity contribution in [3.63, 3.8) is 0 Å². The molecule has 0 unspecified atom stereocenters. The number of methoxy groups -OCH3 is 1. The summed E-state index contributed by atoms with van der Waals surface area (Å²) in [6.07, 6.45) is 7.69. The predicted molar refractivity (Wildman–Crippen MR) is 98.6 cm³/mol. The Morgan fingerprint density at radius 1 is 1.33 bits per heavy atom. The zero-order valence-corrected chi connectivity index (χ0v) is 16.1. The summed E-state index contributed by atoms with van der Waals surface area (Å²) in [4.78, 5) is 24.4. The normalized spacial score (nSPS) is 17.5. The molecule has 4 nitrogen and oxygen atoms in total. The lowest BCUT2D eigenvalue weighted by Gasteiger charge is -2.34. The molecule has 0 aromatic carbocycles. The number of hydrogen-bond acceptors (Lipinski definition) is 4. The lowest BCUT2D eigenvalue weighted by molar-refractivity contribution is -0.116. The number of ether oxygens (including phenoxy) is 1. The number of rotatable bonds is 6. The highest BCUT2D eigenvalue weighted by atomic mass is 32.1. The third-order valence-corrected chi connectivity index (χ3v) is 6.16. The molecule has 1 saturated carbocycles. The third kappa shape index (κ3) is 5.07. The van der Waals surface area contributed by atoms with E-state index in [4.69, 9.17) is 4.74 Å². The summed E-state index contributed by atoms with van der Waals surface area (Å²) in [6.45, 7) is 6.58. The van der Waals surface area contributed by atoms with E-state index >= 15 is 0 Å². The van der Waals surface area contributed by atoms with Crippen molar-refractivity contribution in [2.24, 2.45) is 11.3 Å². The van der Waals surface area contributed by atoms with E-state index in [0.29, 0.717) is 22.4 Å². The number of anilines is 1. The quantitative estimate of drug-likeness (QED) is 0.720. The first kappa shape index (κ1) is 19.0. The van der Waals surface area contributed by atoms with Gasteiger partial charge in [-0.15, -0.1) is 11.3 Å². The Morgan fingerprint density at radius 2 is 2.00 bits per heavy atom. The largest absolute Gasteiger partial charge is 0.465 e. The van der Waals surface area contributed by atoms with Gasteiger partial charge in [0.15, 0.2) is 0 Å². The van der Waals surface area contributed by atoms with Crippen LogP contribution in [-0.4, -0.2) is 19.0 Å². The molecule has 1 aliphatic carbocycles. The van der Waals surface area contributed by atoms with Gasteiger partial charge in [-0.1, -0.05) is 13.8 Å². The van der Waals surface area contributed by atoms with Crippen molar-refractivity contribution in [1.29, 1.82) is 0 Å². The predicted octanol–water partition coefficient (Wildman–Crippen LogP) is 5.17. The zero-order valence-electron chi connectivity index (χ0n) is 15.2. The van der Waals surface area contributed by atoms with Crippen LogP contribution in [0.2, 0.25) is 0 Å². The van der Waals surface area contributed by atoms with Crippen LogP contribution in [0.1, 0.15) is 74.0 Å². The van der Waals surface area contributed by atoms with Crippen LogP contribution in [0.15, 0.2) is 5.38 Å². The summed E-state index contributed by atoms with van der Waals surface area (Å²) >= 11 is 1.31. The lowest BCUT2D eigenvalue weighted by Crippen LogP contribution is -2.21. The summed E-state index contributed by atoms with van der Waals surface area (Å²) in [5.74, 6) is 0.352. The molecule has 24 heavy (non-hydrogen) atoms. The van der Waals surface area contributed by atoms with Crippen LogP contribution in [0, 0.1) is 18.3 Å². The second kappa shape index (κ2) is 8.15. The van der Waals surface area contributed by atoms with Gasteiger partial charge in [-0.3, -0.25) is 4.79 Å². The molecular weight excluding hydrogens is 322 g/mol. The molecule has 1 aliphatic rings. The summed E-state index contributed by atoms with van der Waals surface area (Å²) in [7, 11) is 1.36. The molecule has 1 aromatic heterocycles. The number of carbonyl (C=O) groups is 2.